The molecule has 2 aromatic rings. The average Bonchev–Trinajstić information content (AvgIpc) is 2.33. The fourth-order valence-electron chi connectivity index (χ4n) is 1.13. The summed E-state index contributed by atoms with van der Waals surface area (Å²) in [6.45, 7) is 0. The number of anilines is 1. The summed E-state index contributed by atoms with van der Waals surface area (Å²) >= 11 is 0. The van der Waals surface area contributed by atoms with Crippen molar-refractivity contribution in [3.05, 3.63) is 30.5 Å². The predicted octanol–water partition coefficient (Wildman–Crippen LogP) is 1.46. The lowest BCUT2D eigenvalue weighted by Gasteiger charge is -1.95. The second kappa shape index (κ2) is 1.92. The molecule has 0 amide bonds. The molecule has 0 fully saturated rings. The standard InChI is InChI=1S/C8H8N2O/c9-7-2-1-6-3-4-10(11)8(6)5-7/h1-5,11H,9H2. The van der Waals surface area contributed by atoms with Crippen LogP contribution < -0.4 is 5.73 Å². The van der Waals surface area contributed by atoms with Crippen molar-refractivity contribution in [3.8, 4) is 0 Å². The Labute approximate surface area is 63.6 Å². The molecule has 3 heteroatoms. The number of hydrogen-bond acceptors (Lipinski definition) is 2. The molecule has 0 unspecified atom stereocenters. The molecular weight excluding hydrogens is 140 g/mol. The quantitative estimate of drug-likeness (QED) is 0.439. The maximum atomic E-state index is 9.20. The van der Waals surface area contributed by atoms with Crippen molar-refractivity contribution in [1.82, 2.24) is 4.73 Å². The minimum absolute atomic E-state index is 0.659. The fraction of sp³-hybridized carbons (Fsp3) is 0. The Morgan fingerprint density at radius 2 is 2.09 bits per heavy atom. The second-order valence-corrected chi connectivity index (χ2v) is 2.48. The molecule has 0 aliphatic heterocycles. The zero-order chi connectivity index (χ0) is 7.84. The number of hydrogen-bond donors (Lipinski definition) is 2. The van der Waals surface area contributed by atoms with Crippen molar-refractivity contribution >= 4 is 16.6 Å². The average molecular weight is 148 g/mol. The van der Waals surface area contributed by atoms with Gasteiger partial charge in [0.05, 0.1) is 5.52 Å². The third kappa shape index (κ3) is 0.816. The molecule has 3 nitrogen and oxygen atoms in total. The Morgan fingerprint density at radius 1 is 1.27 bits per heavy atom. The molecule has 0 atom stereocenters. The molecule has 1 heterocycles. The van der Waals surface area contributed by atoms with Gasteiger partial charge in [0.25, 0.3) is 0 Å². The van der Waals surface area contributed by atoms with E-state index in [1.165, 1.54) is 0 Å². The van der Waals surface area contributed by atoms with Gasteiger partial charge in [0.15, 0.2) is 0 Å². The van der Waals surface area contributed by atoms with Crippen LogP contribution in [0.4, 0.5) is 5.69 Å². The first-order chi connectivity index (χ1) is 5.27. The molecule has 0 radical (unpaired) electrons. The van der Waals surface area contributed by atoms with Crippen molar-refractivity contribution in [2.75, 3.05) is 5.73 Å². The van der Waals surface area contributed by atoms with Crippen LogP contribution in [0.3, 0.4) is 0 Å². The first kappa shape index (κ1) is 6.09. The van der Waals surface area contributed by atoms with Crippen molar-refractivity contribution < 1.29 is 5.21 Å². The van der Waals surface area contributed by atoms with E-state index in [-0.39, 0.29) is 0 Å². The lowest BCUT2D eigenvalue weighted by atomic mass is 10.2. The number of nitrogens with zero attached hydrogens (tertiary/aromatic N) is 1. The molecule has 3 N–H and O–H groups in total. The smallest absolute Gasteiger partial charge is 0.0885 e. The van der Waals surface area contributed by atoms with E-state index in [2.05, 4.69) is 0 Å². The highest BCUT2D eigenvalue weighted by molar-refractivity contribution is 5.82. The summed E-state index contributed by atoms with van der Waals surface area (Å²) in [6.07, 6.45) is 1.59. The molecule has 2 rings (SSSR count). The van der Waals surface area contributed by atoms with Crippen LogP contribution in [-0.2, 0) is 0 Å². The van der Waals surface area contributed by atoms with Crippen molar-refractivity contribution in [1.29, 1.82) is 0 Å². The van der Waals surface area contributed by atoms with Gasteiger partial charge < -0.3 is 10.9 Å². The Balaban J connectivity index is 2.87. The molecule has 1 aromatic heterocycles. The summed E-state index contributed by atoms with van der Waals surface area (Å²) in [4.78, 5) is 0. The van der Waals surface area contributed by atoms with E-state index in [1.54, 1.807) is 12.3 Å². The molecule has 0 aliphatic rings. The molecule has 0 spiro atoms. The fourth-order valence-corrected chi connectivity index (χ4v) is 1.13. The van der Waals surface area contributed by atoms with Gasteiger partial charge in [-0.3, -0.25) is 0 Å². The number of aromatic nitrogens is 1. The summed E-state index contributed by atoms with van der Waals surface area (Å²) in [6, 6.07) is 7.24. The number of nitrogens with two attached hydrogens (primary N) is 1. The summed E-state index contributed by atoms with van der Waals surface area (Å²) in [5, 5.41) is 10.2. The third-order valence-corrected chi connectivity index (χ3v) is 1.70. The maximum absolute atomic E-state index is 9.20. The van der Waals surface area contributed by atoms with E-state index < -0.39 is 0 Å². The first-order valence-corrected chi connectivity index (χ1v) is 3.33. The third-order valence-electron chi connectivity index (χ3n) is 1.70. The molecule has 0 saturated carbocycles. The summed E-state index contributed by atoms with van der Waals surface area (Å²) < 4.78 is 1.06. The van der Waals surface area contributed by atoms with Gasteiger partial charge >= 0.3 is 0 Å². The van der Waals surface area contributed by atoms with Gasteiger partial charge in [0.1, 0.15) is 0 Å². The maximum Gasteiger partial charge on any atom is 0.0885 e. The Bertz CT molecular complexity index is 392. The SMILES string of the molecule is Nc1ccc2ccn(O)c2c1. The molecule has 0 aliphatic carbocycles. The van der Waals surface area contributed by atoms with Gasteiger partial charge in [-0.1, -0.05) is 6.07 Å². The van der Waals surface area contributed by atoms with Gasteiger partial charge in [0.2, 0.25) is 0 Å². The zero-order valence-electron chi connectivity index (χ0n) is 5.86. The van der Waals surface area contributed by atoms with E-state index in [1.807, 2.05) is 18.2 Å². The van der Waals surface area contributed by atoms with E-state index in [0.717, 1.165) is 15.6 Å². The van der Waals surface area contributed by atoms with E-state index >= 15 is 0 Å². The van der Waals surface area contributed by atoms with E-state index in [0.29, 0.717) is 5.69 Å². The summed E-state index contributed by atoms with van der Waals surface area (Å²) in [5.41, 5.74) is 6.93. The monoisotopic (exact) mass is 148 g/mol. The van der Waals surface area contributed by atoms with Gasteiger partial charge in [-0.05, 0) is 18.2 Å². The van der Waals surface area contributed by atoms with E-state index in [9.17, 15) is 5.21 Å². The Morgan fingerprint density at radius 3 is 2.91 bits per heavy atom. The van der Waals surface area contributed by atoms with Crippen LogP contribution in [0.15, 0.2) is 30.5 Å². The van der Waals surface area contributed by atoms with Crippen LogP contribution in [0.2, 0.25) is 0 Å². The topological polar surface area (TPSA) is 51.2 Å². The highest BCUT2D eigenvalue weighted by Gasteiger charge is 1.97. The Hall–Kier alpha value is -1.64. The van der Waals surface area contributed by atoms with Crippen molar-refractivity contribution in [2.24, 2.45) is 0 Å². The zero-order valence-corrected chi connectivity index (χ0v) is 5.86. The Kier molecular flexibility index (Phi) is 1.06. The second-order valence-electron chi connectivity index (χ2n) is 2.48. The van der Waals surface area contributed by atoms with Gasteiger partial charge in [0, 0.05) is 17.3 Å². The minimum atomic E-state index is 0.659. The van der Waals surface area contributed by atoms with Gasteiger partial charge in [-0.2, -0.15) is 4.73 Å². The minimum Gasteiger partial charge on any atom is -0.428 e. The van der Waals surface area contributed by atoms with Gasteiger partial charge in [-0.25, -0.2) is 0 Å². The van der Waals surface area contributed by atoms with E-state index in [4.69, 9.17) is 5.73 Å². The van der Waals surface area contributed by atoms with Crippen LogP contribution in [0.5, 0.6) is 0 Å². The molecule has 1 aromatic carbocycles. The number of benzene rings is 1. The van der Waals surface area contributed by atoms with Crippen LogP contribution in [0.1, 0.15) is 0 Å². The van der Waals surface area contributed by atoms with Crippen LogP contribution in [0.25, 0.3) is 10.9 Å². The summed E-state index contributed by atoms with van der Waals surface area (Å²) in [7, 11) is 0. The van der Waals surface area contributed by atoms with Crippen LogP contribution in [-0.4, -0.2) is 9.94 Å². The van der Waals surface area contributed by atoms with Crippen LogP contribution >= 0.6 is 0 Å². The van der Waals surface area contributed by atoms with Gasteiger partial charge in [-0.15, -0.1) is 0 Å². The first-order valence-electron chi connectivity index (χ1n) is 3.33. The molecule has 11 heavy (non-hydrogen) atoms. The van der Waals surface area contributed by atoms with Crippen molar-refractivity contribution in [3.63, 3.8) is 0 Å². The predicted molar refractivity (Wildman–Crippen MR) is 43.5 cm³/mol. The highest BCUT2D eigenvalue weighted by atomic mass is 16.5. The molecule has 56 valence electrons. The lowest BCUT2D eigenvalue weighted by Crippen LogP contribution is -1.88. The molecular formula is C8H8N2O. The number of nitrogen functional groups attached to an aromatic ring is 1. The molecule has 0 bridgehead atoms. The van der Waals surface area contributed by atoms with Crippen LogP contribution in [0, 0.1) is 0 Å². The molecule has 0 saturated heterocycles. The normalized spacial score (nSPS) is 10.5. The van der Waals surface area contributed by atoms with Crippen molar-refractivity contribution in [2.45, 2.75) is 0 Å². The largest absolute Gasteiger partial charge is 0.428 e. The highest BCUT2D eigenvalue weighted by Crippen LogP contribution is 2.16. The number of rotatable bonds is 0. The number of fused-ring (bicyclic) bond motifs is 1. The lowest BCUT2D eigenvalue weighted by molar-refractivity contribution is 0.200. The summed E-state index contributed by atoms with van der Waals surface area (Å²) in [5.74, 6) is 0.